The SMILES string of the molecule is CC/C=C\C/C=C\C/C=C\C/C=C\C/C=C\CCCCCC(=O)OC(/C=C/CCCCCCCCCCC)C(COP(=O)(O)OCC[N+](C)(C)C)NC(=O)CCCCCCCCCCCCCCCCCC. The van der Waals surface area contributed by atoms with Gasteiger partial charge in [-0.25, -0.2) is 4.57 Å². The molecular weight excluding hydrogens is 916 g/mol. The minimum atomic E-state index is -4.45. The average Bonchev–Trinajstić information content (AvgIpc) is 3.34. The fraction of sp³-hybridized carbons (Fsp3) is 0.774. The summed E-state index contributed by atoms with van der Waals surface area (Å²) in [6.45, 7) is 6.88. The molecule has 72 heavy (non-hydrogen) atoms. The van der Waals surface area contributed by atoms with Crippen molar-refractivity contribution in [3.8, 4) is 0 Å². The monoisotopic (exact) mass is 1030 g/mol. The first kappa shape index (κ1) is 69.5. The van der Waals surface area contributed by atoms with E-state index < -0.39 is 20.0 Å². The van der Waals surface area contributed by atoms with Crippen LogP contribution >= 0.6 is 7.82 Å². The predicted molar refractivity (Wildman–Crippen MR) is 309 cm³/mol. The van der Waals surface area contributed by atoms with Crippen molar-refractivity contribution in [3.05, 3.63) is 72.9 Å². The van der Waals surface area contributed by atoms with Crippen LogP contribution in [0.2, 0.25) is 0 Å². The van der Waals surface area contributed by atoms with Crippen LogP contribution in [0, 0.1) is 0 Å². The lowest BCUT2D eigenvalue weighted by Crippen LogP contribution is -2.47. The number of phosphoric ester groups is 1. The van der Waals surface area contributed by atoms with Crippen LogP contribution in [0.25, 0.3) is 0 Å². The molecule has 1 amide bonds. The van der Waals surface area contributed by atoms with Crippen LogP contribution in [0.3, 0.4) is 0 Å². The van der Waals surface area contributed by atoms with Gasteiger partial charge in [-0.3, -0.25) is 18.6 Å². The Kier molecular flexibility index (Phi) is 50.1. The van der Waals surface area contributed by atoms with E-state index in [2.05, 4.69) is 86.8 Å². The Morgan fingerprint density at radius 1 is 0.500 bits per heavy atom. The highest BCUT2D eigenvalue weighted by Crippen LogP contribution is 2.43. The number of hydrogen-bond acceptors (Lipinski definition) is 6. The molecule has 2 N–H and O–H groups in total. The van der Waals surface area contributed by atoms with Crippen LogP contribution in [0.4, 0.5) is 0 Å². The largest absolute Gasteiger partial charge is 0.472 e. The van der Waals surface area contributed by atoms with Gasteiger partial charge in [0.1, 0.15) is 19.3 Å². The van der Waals surface area contributed by atoms with Gasteiger partial charge < -0.3 is 19.4 Å². The molecule has 0 aromatic heterocycles. The number of unbranched alkanes of at least 4 members (excludes halogenated alkanes) is 27. The summed E-state index contributed by atoms with van der Waals surface area (Å²) in [4.78, 5) is 37.6. The number of likely N-dealkylation sites (N-methyl/N-ethyl adjacent to an activating group) is 1. The molecule has 0 bridgehead atoms. The Morgan fingerprint density at radius 3 is 1.35 bits per heavy atom. The van der Waals surface area contributed by atoms with Gasteiger partial charge in [0, 0.05) is 12.8 Å². The molecule has 0 aliphatic rings. The number of esters is 1. The third-order valence-electron chi connectivity index (χ3n) is 12.9. The Morgan fingerprint density at radius 2 is 0.889 bits per heavy atom. The number of nitrogens with zero attached hydrogens (tertiary/aromatic N) is 1. The molecule has 0 aromatic rings. The lowest BCUT2D eigenvalue weighted by atomic mass is 10.0. The fourth-order valence-corrected chi connectivity index (χ4v) is 9.06. The number of phosphoric acid groups is 1. The Hall–Kier alpha value is -2.55. The van der Waals surface area contributed by atoms with Crippen molar-refractivity contribution in [3.63, 3.8) is 0 Å². The molecular formula is C62H114N2O7P+. The van der Waals surface area contributed by atoms with E-state index in [1.54, 1.807) is 0 Å². The molecule has 0 spiro atoms. The molecule has 0 aliphatic heterocycles. The van der Waals surface area contributed by atoms with Crippen molar-refractivity contribution in [2.45, 2.75) is 270 Å². The van der Waals surface area contributed by atoms with Gasteiger partial charge in [0.25, 0.3) is 0 Å². The van der Waals surface area contributed by atoms with E-state index in [1.165, 1.54) is 128 Å². The number of rotatable bonds is 53. The number of allylic oxidation sites excluding steroid dienone is 11. The highest BCUT2D eigenvalue weighted by Gasteiger charge is 2.30. The van der Waals surface area contributed by atoms with Crippen molar-refractivity contribution >= 4 is 19.7 Å². The minimum Gasteiger partial charge on any atom is -0.456 e. The second-order valence-corrected chi connectivity index (χ2v) is 22.6. The second kappa shape index (κ2) is 51.9. The van der Waals surface area contributed by atoms with Crippen LogP contribution in [-0.2, 0) is 27.9 Å². The van der Waals surface area contributed by atoms with E-state index in [-0.39, 0.29) is 31.5 Å². The first-order chi connectivity index (χ1) is 34.9. The van der Waals surface area contributed by atoms with Gasteiger partial charge in [-0.15, -0.1) is 0 Å². The Labute approximate surface area is 444 Å². The van der Waals surface area contributed by atoms with Crippen molar-refractivity contribution in [2.24, 2.45) is 0 Å². The van der Waals surface area contributed by atoms with Gasteiger partial charge in [-0.2, -0.15) is 0 Å². The van der Waals surface area contributed by atoms with Crippen LogP contribution in [0.15, 0.2) is 72.9 Å². The third-order valence-corrected chi connectivity index (χ3v) is 13.9. The van der Waals surface area contributed by atoms with E-state index in [0.717, 1.165) is 89.9 Å². The van der Waals surface area contributed by atoms with E-state index in [4.69, 9.17) is 13.8 Å². The number of carbonyl (C=O) groups is 2. The molecule has 0 radical (unpaired) electrons. The van der Waals surface area contributed by atoms with Crippen molar-refractivity contribution in [1.82, 2.24) is 5.32 Å². The molecule has 3 atom stereocenters. The number of hydrogen-bond donors (Lipinski definition) is 2. The maximum atomic E-state index is 13.5. The smallest absolute Gasteiger partial charge is 0.456 e. The summed E-state index contributed by atoms with van der Waals surface area (Å²) in [5, 5.41) is 3.04. The summed E-state index contributed by atoms with van der Waals surface area (Å²) in [7, 11) is 1.48. The minimum absolute atomic E-state index is 0.0334. The average molecular weight is 1030 g/mol. The number of nitrogens with one attached hydrogen (secondary N) is 1. The van der Waals surface area contributed by atoms with Gasteiger partial charge in [-0.05, 0) is 76.7 Å². The molecule has 0 heterocycles. The Bertz CT molecular complexity index is 1460. The quantitative estimate of drug-likeness (QED) is 0.0205. The fourth-order valence-electron chi connectivity index (χ4n) is 8.32. The zero-order chi connectivity index (χ0) is 52.9. The van der Waals surface area contributed by atoms with E-state index in [1.807, 2.05) is 33.3 Å². The van der Waals surface area contributed by atoms with Crippen molar-refractivity contribution in [1.29, 1.82) is 0 Å². The molecule has 9 nitrogen and oxygen atoms in total. The van der Waals surface area contributed by atoms with E-state index in [0.29, 0.717) is 23.9 Å². The molecule has 418 valence electrons. The van der Waals surface area contributed by atoms with Gasteiger partial charge >= 0.3 is 13.8 Å². The van der Waals surface area contributed by atoms with Gasteiger partial charge in [0.2, 0.25) is 5.91 Å². The van der Waals surface area contributed by atoms with Gasteiger partial charge in [-0.1, -0.05) is 242 Å². The molecule has 3 unspecified atom stereocenters. The maximum Gasteiger partial charge on any atom is 0.472 e. The van der Waals surface area contributed by atoms with Gasteiger partial charge in [0.15, 0.2) is 0 Å². The molecule has 0 rings (SSSR count). The summed E-state index contributed by atoms with van der Waals surface area (Å²) < 4.78 is 30.6. The standard InChI is InChI=1S/C62H113N2O7P/c1-7-10-13-16-19-22-25-27-29-31-32-33-35-37-40-43-46-49-52-55-62(66)71-60(53-50-47-44-41-38-24-21-18-15-12-9-3)59(58-70-72(67,68)69-57-56-64(4,5)6)63-61(65)54-51-48-45-42-39-36-34-30-28-26-23-20-17-14-11-8-2/h10,13,19,22,27,29,32-33,37,40,50,53,59-60H,7-9,11-12,14-18,20-21,23-26,28,30-31,34-36,38-39,41-49,51-52,54-58H2,1-6H3,(H-,63,65,67,68)/p+1/b13-10-,22-19-,29-27-,33-32-,40-37-,53-50+. The summed E-state index contributed by atoms with van der Waals surface area (Å²) in [5.41, 5.74) is 0. The van der Waals surface area contributed by atoms with Crippen LogP contribution in [0.1, 0.15) is 258 Å². The molecule has 10 heteroatoms. The number of amides is 1. The van der Waals surface area contributed by atoms with E-state index in [9.17, 15) is 19.0 Å². The summed E-state index contributed by atoms with van der Waals surface area (Å²) >= 11 is 0. The lowest BCUT2D eigenvalue weighted by molar-refractivity contribution is -0.870. The molecule has 0 fully saturated rings. The number of carbonyl (C=O) groups excluding carboxylic acids is 2. The van der Waals surface area contributed by atoms with Crippen molar-refractivity contribution in [2.75, 3.05) is 40.9 Å². The normalized spacial score (nSPS) is 14.3. The summed E-state index contributed by atoms with van der Waals surface area (Å²) in [6, 6.07) is -0.861. The zero-order valence-electron chi connectivity index (χ0n) is 47.7. The summed E-state index contributed by atoms with van der Waals surface area (Å²) in [5.74, 6) is -0.540. The third kappa shape index (κ3) is 52.3. The number of quaternary nitrogens is 1. The lowest BCUT2D eigenvalue weighted by Gasteiger charge is -2.27. The zero-order valence-corrected chi connectivity index (χ0v) is 48.6. The van der Waals surface area contributed by atoms with E-state index >= 15 is 0 Å². The molecule has 0 saturated carbocycles. The predicted octanol–water partition coefficient (Wildman–Crippen LogP) is 18.1. The van der Waals surface area contributed by atoms with Gasteiger partial charge in [0.05, 0.1) is 33.8 Å². The number of ether oxygens (including phenoxy) is 1. The van der Waals surface area contributed by atoms with Crippen LogP contribution < -0.4 is 5.32 Å². The first-order valence-corrected chi connectivity index (χ1v) is 31.3. The van der Waals surface area contributed by atoms with Crippen molar-refractivity contribution < 1.29 is 37.3 Å². The highest BCUT2D eigenvalue weighted by atomic mass is 31.2. The molecule has 0 aliphatic carbocycles. The van der Waals surface area contributed by atoms with Crippen LogP contribution in [0.5, 0.6) is 0 Å². The second-order valence-electron chi connectivity index (χ2n) is 21.1. The maximum absolute atomic E-state index is 13.5. The summed E-state index contributed by atoms with van der Waals surface area (Å²) in [6.07, 6.45) is 66.1. The highest BCUT2D eigenvalue weighted by molar-refractivity contribution is 7.47. The molecule has 0 aromatic carbocycles. The Balaban J connectivity index is 5.33. The topological polar surface area (TPSA) is 111 Å². The van der Waals surface area contributed by atoms with Crippen LogP contribution in [-0.4, -0.2) is 74.3 Å². The first-order valence-electron chi connectivity index (χ1n) is 29.8. The molecule has 0 saturated heterocycles.